The lowest BCUT2D eigenvalue weighted by molar-refractivity contribution is -0.291. The van der Waals surface area contributed by atoms with E-state index in [2.05, 4.69) is 0 Å². The van der Waals surface area contributed by atoms with Gasteiger partial charge in [-0.1, -0.05) is 36.5 Å². The number of hydrogen-bond donors (Lipinski definition) is 2. The molecule has 20 nitrogen and oxygen atoms in total. The van der Waals surface area contributed by atoms with E-state index in [1.807, 2.05) is 0 Å². The van der Waals surface area contributed by atoms with Gasteiger partial charge in [-0.3, -0.25) is 4.79 Å². The van der Waals surface area contributed by atoms with E-state index in [9.17, 15) is 43.8 Å². The highest BCUT2D eigenvalue weighted by Gasteiger charge is 2.57. The van der Waals surface area contributed by atoms with Crippen LogP contribution in [-0.4, -0.2) is 101 Å². The van der Waals surface area contributed by atoms with Gasteiger partial charge in [0.05, 0.1) is 25.7 Å². The molecule has 6 rings (SSSR count). The Morgan fingerprint density at radius 3 is 1.48 bits per heavy atom. The van der Waals surface area contributed by atoms with Crippen molar-refractivity contribution in [1.29, 1.82) is 0 Å². The zero-order chi connectivity index (χ0) is 44.7. The molecule has 2 spiro atoms. The molecule has 1 saturated carbocycles. The van der Waals surface area contributed by atoms with Crippen LogP contribution in [0.1, 0.15) is 72.1 Å². The highest BCUT2D eigenvalue weighted by molar-refractivity contribution is 6.16. The average molecular weight is 869 g/mol. The standard InChI is InChI=1S/C42H44O20/c1-4-53-30(43)16-18-40(3)57-33(46)27(34(47)58-40)12-8-6-10-14-29-37(50)61-42(62-38(29)51)21-19-41(20-22-42)59-35(48)28(36(49)60-41)13-9-5-7-11-26-31(44)55-39(2,56-32(26)45)17-15-25-23-52-24-54-25/h5-14,25,44,46H,4,15-24H2,1-3H3/b9-5?,10-6+,11-7?,12-8+,28-13?,29-14?. The third-order valence-electron chi connectivity index (χ3n) is 10.1. The summed E-state index contributed by atoms with van der Waals surface area (Å²) in [6, 6.07) is 0. The van der Waals surface area contributed by atoms with Crippen LogP contribution < -0.4 is 0 Å². The lowest BCUT2D eigenvalue weighted by Gasteiger charge is -2.45. The third kappa shape index (κ3) is 10.6. The van der Waals surface area contributed by atoms with Crippen LogP contribution in [0.15, 0.2) is 94.9 Å². The fraction of sp³-hybridized carbons (Fsp3) is 0.452. The number of hydrogen-bond acceptors (Lipinski definition) is 20. The lowest BCUT2D eigenvalue weighted by atomic mass is 9.87. The van der Waals surface area contributed by atoms with E-state index in [1.165, 1.54) is 62.5 Å². The minimum Gasteiger partial charge on any atom is -0.480 e. The second-order valence-electron chi connectivity index (χ2n) is 14.8. The zero-order valence-corrected chi connectivity index (χ0v) is 33.9. The average Bonchev–Trinajstić information content (AvgIpc) is 3.72. The highest BCUT2D eigenvalue weighted by Crippen LogP contribution is 2.45. The van der Waals surface area contributed by atoms with Gasteiger partial charge in [-0.2, -0.15) is 0 Å². The van der Waals surface area contributed by atoms with Crippen molar-refractivity contribution in [2.75, 3.05) is 20.0 Å². The van der Waals surface area contributed by atoms with Crippen molar-refractivity contribution < 1.29 is 95.9 Å². The van der Waals surface area contributed by atoms with Crippen LogP contribution in [0.5, 0.6) is 0 Å². The summed E-state index contributed by atoms with van der Waals surface area (Å²) in [4.78, 5) is 88.5. The SMILES string of the molecule is CCOC(=O)CCC1(C)OC(=O)C(/C=C/C=C/C=C2C(=O)OC3(CCC4(CC3)OC(=O)C(=CC=CC=CC3=C(O)OC(C)(CCC5COCO5)OC3=O)C(=O)O4)OC2=O)=C(O)O1. The summed E-state index contributed by atoms with van der Waals surface area (Å²) in [6.07, 6.45) is 12.2. The van der Waals surface area contributed by atoms with Crippen molar-refractivity contribution in [3.05, 3.63) is 94.9 Å². The molecule has 5 aliphatic heterocycles. The van der Waals surface area contributed by atoms with Crippen molar-refractivity contribution in [3.63, 3.8) is 0 Å². The van der Waals surface area contributed by atoms with E-state index < -0.39 is 88.0 Å². The minimum absolute atomic E-state index is 0.0677. The van der Waals surface area contributed by atoms with Crippen LogP contribution in [0, 0.1) is 0 Å². The van der Waals surface area contributed by atoms with E-state index in [1.54, 1.807) is 6.92 Å². The zero-order valence-electron chi connectivity index (χ0n) is 33.9. The lowest BCUT2D eigenvalue weighted by Crippen LogP contribution is -2.56. The molecule has 1 aliphatic carbocycles. The molecule has 6 aliphatic rings. The molecule has 0 aromatic rings. The Balaban J connectivity index is 0.972. The number of rotatable bonds is 13. The number of ether oxygens (including phenoxy) is 11. The van der Waals surface area contributed by atoms with Gasteiger partial charge < -0.3 is 62.3 Å². The van der Waals surface area contributed by atoms with E-state index in [-0.39, 0.29) is 75.6 Å². The molecule has 3 unspecified atom stereocenters. The van der Waals surface area contributed by atoms with E-state index in [4.69, 9.17) is 52.1 Å². The molecule has 332 valence electrons. The van der Waals surface area contributed by atoms with Crippen LogP contribution in [-0.2, 0) is 85.7 Å². The van der Waals surface area contributed by atoms with Gasteiger partial charge >= 0.3 is 41.8 Å². The third-order valence-corrected chi connectivity index (χ3v) is 10.1. The van der Waals surface area contributed by atoms with Gasteiger partial charge in [0.25, 0.3) is 35.0 Å². The maximum absolute atomic E-state index is 12.9. The number of esters is 7. The van der Waals surface area contributed by atoms with Gasteiger partial charge in [-0.05, 0) is 37.6 Å². The Kier molecular flexibility index (Phi) is 13.4. The maximum atomic E-state index is 12.9. The molecule has 20 heteroatoms. The molecule has 5 heterocycles. The number of allylic oxidation sites excluding steroid dienone is 8. The molecule has 0 radical (unpaired) electrons. The number of carbonyl (C=O) groups is 7. The second kappa shape index (κ2) is 18.5. The maximum Gasteiger partial charge on any atom is 0.348 e. The fourth-order valence-corrected chi connectivity index (χ4v) is 6.78. The normalized spacial score (nSPS) is 30.4. The van der Waals surface area contributed by atoms with Gasteiger partial charge in [0, 0.05) is 52.4 Å². The molecule has 0 bridgehead atoms. The summed E-state index contributed by atoms with van der Waals surface area (Å²) in [5.41, 5.74) is -1.47. The summed E-state index contributed by atoms with van der Waals surface area (Å²) >= 11 is 0. The van der Waals surface area contributed by atoms with Crippen molar-refractivity contribution in [3.8, 4) is 0 Å². The first-order valence-corrected chi connectivity index (χ1v) is 19.6. The molecule has 62 heavy (non-hydrogen) atoms. The first-order chi connectivity index (χ1) is 29.5. The Bertz CT molecular complexity index is 2070. The van der Waals surface area contributed by atoms with Crippen molar-refractivity contribution >= 4 is 41.8 Å². The Hall–Kier alpha value is -6.67. The van der Waals surface area contributed by atoms with E-state index >= 15 is 0 Å². The molecule has 3 saturated heterocycles. The summed E-state index contributed by atoms with van der Waals surface area (Å²) in [5, 5.41) is 20.7. The number of cyclic esters (lactones) is 2. The van der Waals surface area contributed by atoms with Crippen LogP contribution in [0.2, 0.25) is 0 Å². The second-order valence-corrected chi connectivity index (χ2v) is 14.8. The van der Waals surface area contributed by atoms with E-state index in [0.29, 0.717) is 13.0 Å². The number of aliphatic hydroxyl groups excluding tert-OH is 2. The number of aliphatic hydroxyl groups is 2. The van der Waals surface area contributed by atoms with Gasteiger partial charge in [0.15, 0.2) is 0 Å². The molecule has 0 amide bonds. The Morgan fingerprint density at radius 1 is 0.629 bits per heavy atom. The highest BCUT2D eigenvalue weighted by atomic mass is 16.8. The molecular formula is C42H44O20. The molecule has 0 aromatic carbocycles. The monoisotopic (exact) mass is 868 g/mol. The summed E-state index contributed by atoms with van der Waals surface area (Å²) in [5.74, 6) is -14.0. The van der Waals surface area contributed by atoms with Crippen molar-refractivity contribution in [1.82, 2.24) is 0 Å². The van der Waals surface area contributed by atoms with Crippen LogP contribution in [0.4, 0.5) is 0 Å². The number of carbonyl (C=O) groups excluding carboxylic acids is 7. The predicted octanol–water partition coefficient (Wildman–Crippen LogP) is 3.85. The van der Waals surface area contributed by atoms with Crippen LogP contribution in [0.25, 0.3) is 0 Å². The largest absolute Gasteiger partial charge is 0.480 e. The Morgan fingerprint density at radius 2 is 1.08 bits per heavy atom. The quantitative estimate of drug-likeness (QED) is 0.0875. The molecule has 4 fully saturated rings. The van der Waals surface area contributed by atoms with Gasteiger partial charge in [-0.15, -0.1) is 0 Å². The minimum atomic E-state index is -1.71. The Labute approximate surface area is 353 Å². The first-order valence-electron chi connectivity index (χ1n) is 19.6. The molecule has 3 atom stereocenters. The van der Waals surface area contributed by atoms with Gasteiger partial charge in [-0.25, -0.2) is 28.8 Å². The van der Waals surface area contributed by atoms with Crippen LogP contribution >= 0.6 is 0 Å². The topological polar surface area (TPSA) is 261 Å². The molecule has 2 N–H and O–H groups in total. The fourth-order valence-electron chi connectivity index (χ4n) is 6.78. The van der Waals surface area contributed by atoms with Crippen LogP contribution in [0.3, 0.4) is 0 Å². The van der Waals surface area contributed by atoms with Crippen molar-refractivity contribution in [2.24, 2.45) is 0 Å². The van der Waals surface area contributed by atoms with Gasteiger partial charge in [0.2, 0.25) is 0 Å². The molecule has 0 aromatic heterocycles. The van der Waals surface area contributed by atoms with Crippen molar-refractivity contribution in [2.45, 2.75) is 101 Å². The summed E-state index contributed by atoms with van der Waals surface area (Å²) in [6.45, 7) is 5.30. The van der Waals surface area contributed by atoms with E-state index in [0.717, 1.165) is 12.2 Å². The van der Waals surface area contributed by atoms with Gasteiger partial charge in [0.1, 0.15) is 29.1 Å². The first kappa shape index (κ1) is 44.9. The predicted molar refractivity (Wildman–Crippen MR) is 202 cm³/mol. The smallest absolute Gasteiger partial charge is 0.348 e. The summed E-state index contributed by atoms with van der Waals surface area (Å²) < 4.78 is 58.8. The summed E-state index contributed by atoms with van der Waals surface area (Å²) in [7, 11) is 0. The molecular weight excluding hydrogens is 824 g/mol.